The summed E-state index contributed by atoms with van der Waals surface area (Å²) in [4.78, 5) is 17.8. The summed E-state index contributed by atoms with van der Waals surface area (Å²) in [6.07, 6.45) is 4.61. The summed E-state index contributed by atoms with van der Waals surface area (Å²) in [6, 6.07) is 5.24. The van der Waals surface area contributed by atoms with Gasteiger partial charge >= 0.3 is 0 Å². The van der Waals surface area contributed by atoms with Gasteiger partial charge in [0.25, 0.3) is 5.91 Å². The van der Waals surface area contributed by atoms with E-state index in [-0.39, 0.29) is 12.5 Å². The van der Waals surface area contributed by atoms with Crippen LogP contribution in [-0.4, -0.2) is 34.6 Å². The van der Waals surface area contributed by atoms with Crippen LogP contribution < -0.4 is 0 Å². The van der Waals surface area contributed by atoms with Crippen LogP contribution in [0.4, 0.5) is 0 Å². The van der Waals surface area contributed by atoms with Crippen molar-refractivity contribution in [2.45, 2.75) is 6.54 Å². The van der Waals surface area contributed by atoms with Gasteiger partial charge in [-0.1, -0.05) is 11.8 Å². The van der Waals surface area contributed by atoms with Gasteiger partial charge in [0.15, 0.2) is 0 Å². The molecule has 0 bridgehead atoms. The molecule has 1 amide bonds. The number of aliphatic hydroxyl groups excluding tert-OH is 1. The molecule has 0 aromatic carbocycles. The van der Waals surface area contributed by atoms with Gasteiger partial charge in [-0.2, -0.15) is 0 Å². The fourth-order valence-corrected chi connectivity index (χ4v) is 1.70. The molecule has 0 fully saturated rings. The van der Waals surface area contributed by atoms with E-state index in [1.807, 2.05) is 6.07 Å². The molecule has 0 saturated carbocycles. The highest BCUT2D eigenvalue weighted by atomic mass is 16.3. The molecule has 1 N–H and O–H groups in total. The Hall–Kier alpha value is -2.58. The summed E-state index contributed by atoms with van der Waals surface area (Å²) in [5, 5.41) is 8.66. The van der Waals surface area contributed by atoms with Crippen LogP contribution in [0.25, 0.3) is 0 Å². The molecular formula is C15H14N2O3. The first-order valence-corrected chi connectivity index (χ1v) is 6.03. The number of nitrogens with zero attached hydrogens (tertiary/aromatic N) is 2. The Morgan fingerprint density at radius 3 is 3.05 bits per heavy atom. The minimum Gasteiger partial charge on any atom is -0.467 e. The van der Waals surface area contributed by atoms with Crippen molar-refractivity contribution in [3.05, 3.63) is 53.7 Å². The van der Waals surface area contributed by atoms with Crippen LogP contribution in [-0.2, 0) is 6.54 Å². The van der Waals surface area contributed by atoms with Gasteiger partial charge in [0, 0.05) is 25.0 Å². The maximum atomic E-state index is 12.2. The van der Waals surface area contributed by atoms with Gasteiger partial charge in [-0.05, 0) is 18.2 Å². The predicted octanol–water partition coefficient (Wildman–Crippen LogP) is 1.29. The zero-order chi connectivity index (χ0) is 14.4. The third-order valence-corrected chi connectivity index (χ3v) is 2.62. The number of aromatic nitrogens is 1. The lowest BCUT2D eigenvalue weighted by atomic mass is 10.2. The number of carbonyl (C=O) groups excluding carboxylic acids is 1. The number of hydrogen-bond donors (Lipinski definition) is 1. The maximum absolute atomic E-state index is 12.2. The molecule has 0 unspecified atom stereocenters. The van der Waals surface area contributed by atoms with E-state index in [1.165, 1.54) is 6.20 Å². The number of amides is 1. The molecule has 20 heavy (non-hydrogen) atoms. The second-order valence-corrected chi connectivity index (χ2v) is 4.16. The van der Waals surface area contributed by atoms with Gasteiger partial charge in [-0.3, -0.25) is 9.78 Å². The van der Waals surface area contributed by atoms with Crippen molar-refractivity contribution in [2.24, 2.45) is 0 Å². The maximum Gasteiger partial charge on any atom is 0.255 e. The van der Waals surface area contributed by atoms with E-state index in [9.17, 15) is 4.79 Å². The first-order valence-electron chi connectivity index (χ1n) is 6.03. The number of aliphatic hydroxyl groups is 1. The molecule has 2 aromatic heterocycles. The van der Waals surface area contributed by atoms with E-state index in [0.29, 0.717) is 23.4 Å². The largest absolute Gasteiger partial charge is 0.467 e. The fourth-order valence-electron chi connectivity index (χ4n) is 1.70. The first kappa shape index (κ1) is 13.8. The zero-order valence-electron chi connectivity index (χ0n) is 11.0. The minimum atomic E-state index is -0.226. The van der Waals surface area contributed by atoms with Crippen molar-refractivity contribution >= 4 is 5.91 Å². The van der Waals surface area contributed by atoms with Gasteiger partial charge in [0.2, 0.25) is 0 Å². The lowest BCUT2D eigenvalue weighted by Crippen LogP contribution is -2.26. The van der Waals surface area contributed by atoms with Gasteiger partial charge in [-0.25, -0.2) is 0 Å². The number of rotatable bonds is 3. The van der Waals surface area contributed by atoms with Crippen molar-refractivity contribution < 1.29 is 14.3 Å². The van der Waals surface area contributed by atoms with E-state index in [2.05, 4.69) is 16.8 Å². The number of hydrogen-bond acceptors (Lipinski definition) is 4. The molecule has 2 rings (SSSR count). The summed E-state index contributed by atoms with van der Waals surface area (Å²) in [5.41, 5.74) is 1.04. The molecule has 5 heteroatoms. The van der Waals surface area contributed by atoms with Crippen LogP contribution >= 0.6 is 0 Å². The second kappa shape index (κ2) is 6.55. The van der Waals surface area contributed by atoms with E-state index < -0.39 is 0 Å². The van der Waals surface area contributed by atoms with Crippen molar-refractivity contribution in [1.82, 2.24) is 9.88 Å². The molecule has 0 spiro atoms. The topological polar surface area (TPSA) is 66.6 Å². The molecule has 5 nitrogen and oxygen atoms in total. The van der Waals surface area contributed by atoms with Crippen LogP contribution in [0.5, 0.6) is 0 Å². The average molecular weight is 270 g/mol. The molecule has 0 radical (unpaired) electrons. The number of furan rings is 1. The summed E-state index contributed by atoms with van der Waals surface area (Å²) < 4.78 is 5.21. The highest BCUT2D eigenvalue weighted by molar-refractivity contribution is 5.94. The molecule has 2 heterocycles. The molecule has 2 aromatic rings. The van der Waals surface area contributed by atoms with Crippen LogP contribution in [0.1, 0.15) is 21.7 Å². The lowest BCUT2D eigenvalue weighted by molar-refractivity contribution is 0.0775. The summed E-state index contributed by atoms with van der Waals surface area (Å²) >= 11 is 0. The van der Waals surface area contributed by atoms with Gasteiger partial charge in [0.05, 0.1) is 18.4 Å². The lowest BCUT2D eigenvalue weighted by Gasteiger charge is -2.15. The Morgan fingerprint density at radius 1 is 1.50 bits per heavy atom. The van der Waals surface area contributed by atoms with Crippen LogP contribution in [0.15, 0.2) is 41.3 Å². The SMILES string of the molecule is CN(Cc1ccco1)C(=O)c1cncc(C#CCO)c1. The first-order chi connectivity index (χ1) is 9.70. The highest BCUT2D eigenvalue weighted by Crippen LogP contribution is 2.09. The van der Waals surface area contributed by atoms with E-state index in [0.717, 1.165) is 0 Å². The highest BCUT2D eigenvalue weighted by Gasteiger charge is 2.13. The Morgan fingerprint density at radius 2 is 2.35 bits per heavy atom. The standard InChI is InChI=1S/C15H14N2O3/c1-17(11-14-5-3-7-20-14)15(19)13-8-12(4-2-6-18)9-16-10-13/h3,5,7-10,18H,6,11H2,1H3. The van der Waals surface area contributed by atoms with Crippen LogP contribution in [0.3, 0.4) is 0 Å². The third kappa shape index (κ3) is 3.46. The van der Waals surface area contributed by atoms with E-state index in [1.54, 1.807) is 36.5 Å². The van der Waals surface area contributed by atoms with Crippen LogP contribution in [0, 0.1) is 11.8 Å². The number of carbonyl (C=O) groups is 1. The molecule has 0 aliphatic rings. The van der Waals surface area contributed by atoms with Gasteiger partial charge in [0.1, 0.15) is 12.4 Å². The summed E-state index contributed by atoms with van der Waals surface area (Å²) in [6.45, 7) is 0.162. The fraction of sp³-hybridized carbons (Fsp3) is 0.200. The van der Waals surface area contributed by atoms with Crippen LogP contribution in [0.2, 0.25) is 0 Å². The Labute approximate surface area is 116 Å². The zero-order valence-corrected chi connectivity index (χ0v) is 11.0. The van der Waals surface area contributed by atoms with Crippen molar-refractivity contribution in [2.75, 3.05) is 13.7 Å². The second-order valence-electron chi connectivity index (χ2n) is 4.16. The predicted molar refractivity (Wildman–Crippen MR) is 72.7 cm³/mol. The third-order valence-electron chi connectivity index (χ3n) is 2.62. The van der Waals surface area contributed by atoms with Gasteiger partial charge in [-0.15, -0.1) is 0 Å². The Balaban J connectivity index is 2.12. The van der Waals surface area contributed by atoms with Crippen molar-refractivity contribution in [1.29, 1.82) is 0 Å². The van der Waals surface area contributed by atoms with Crippen molar-refractivity contribution in [3.8, 4) is 11.8 Å². The smallest absolute Gasteiger partial charge is 0.255 e. The molecule has 0 saturated heterocycles. The quantitative estimate of drug-likeness (QED) is 0.853. The average Bonchev–Trinajstić information content (AvgIpc) is 2.97. The van der Waals surface area contributed by atoms with Crippen molar-refractivity contribution in [3.63, 3.8) is 0 Å². The monoisotopic (exact) mass is 270 g/mol. The normalized spacial score (nSPS) is 9.70. The Kier molecular flexibility index (Phi) is 4.53. The summed E-state index contributed by atoms with van der Waals surface area (Å²) in [5.74, 6) is 5.79. The molecule has 0 aliphatic carbocycles. The van der Waals surface area contributed by atoms with E-state index in [4.69, 9.17) is 9.52 Å². The summed E-state index contributed by atoms with van der Waals surface area (Å²) in [7, 11) is 1.69. The number of pyridine rings is 1. The Bertz CT molecular complexity index is 639. The molecule has 102 valence electrons. The molecule has 0 aliphatic heterocycles. The molecular weight excluding hydrogens is 256 g/mol. The minimum absolute atomic E-state index is 0.165. The molecule has 0 atom stereocenters. The van der Waals surface area contributed by atoms with E-state index >= 15 is 0 Å². The van der Waals surface area contributed by atoms with Gasteiger partial charge < -0.3 is 14.4 Å².